The molecule has 0 bridgehead atoms. The SMILES string of the molecule is Nc1cc(C(O)C(O)CO)c(F)cc1F. The molecule has 0 heterocycles. The Morgan fingerprint density at radius 3 is 2.33 bits per heavy atom. The summed E-state index contributed by atoms with van der Waals surface area (Å²) in [6.07, 6.45) is -3.18. The second kappa shape index (κ2) is 4.52. The molecular weight excluding hydrogens is 208 g/mol. The minimum absolute atomic E-state index is 0.337. The van der Waals surface area contributed by atoms with E-state index in [4.69, 9.17) is 15.9 Å². The highest BCUT2D eigenvalue weighted by molar-refractivity contribution is 5.44. The number of hydrogen-bond acceptors (Lipinski definition) is 4. The van der Waals surface area contributed by atoms with Gasteiger partial charge in [0.1, 0.15) is 23.8 Å². The maximum Gasteiger partial charge on any atom is 0.149 e. The predicted molar refractivity (Wildman–Crippen MR) is 48.8 cm³/mol. The van der Waals surface area contributed by atoms with Gasteiger partial charge in [-0.05, 0) is 6.07 Å². The van der Waals surface area contributed by atoms with Crippen LogP contribution in [-0.2, 0) is 0 Å². The average Bonchev–Trinajstić information content (AvgIpc) is 2.21. The van der Waals surface area contributed by atoms with Crippen LogP contribution >= 0.6 is 0 Å². The van der Waals surface area contributed by atoms with E-state index in [-0.39, 0.29) is 11.3 Å². The van der Waals surface area contributed by atoms with Crippen LogP contribution in [0, 0.1) is 11.6 Å². The van der Waals surface area contributed by atoms with Gasteiger partial charge in [-0.2, -0.15) is 0 Å². The minimum atomic E-state index is -1.64. The van der Waals surface area contributed by atoms with Gasteiger partial charge in [0.2, 0.25) is 0 Å². The van der Waals surface area contributed by atoms with E-state index in [1.54, 1.807) is 0 Å². The highest BCUT2D eigenvalue weighted by atomic mass is 19.1. The van der Waals surface area contributed by atoms with Gasteiger partial charge in [0.15, 0.2) is 0 Å². The Balaban J connectivity index is 3.09. The first-order valence-electron chi connectivity index (χ1n) is 4.18. The van der Waals surface area contributed by atoms with Crippen LogP contribution in [0.15, 0.2) is 12.1 Å². The second-order valence-corrected chi connectivity index (χ2v) is 3.09. The second-order valence-electron chi connectivity index (χ2n) is 3.09. The van der Waals surface area contributed by atoms with Crippen molar-refractivity contribution in [3.63, 3.8) is 0 Å². The van der Waals surface area contributed by atoms with Gasteiger partial charge in [0.25, 0.3) is 0 Å². The van der Waals surface area contributed by atoms with Crippen LogP contribution in [0.25, 0.3) is 0 Å². The summed E-state index contributed by atoms with van der Waals surface area (Å²) < 4.78 is 25.9. The fourth-order valence-corrected chi connectivity index (χ4v) is 1.12. The van der Waals surface area contributed by atoms with Gasteiger partial charge >= 0.3 is 0 Å². The Morgan fingerprint density at radius 2 is 1.80 bits per heavy atom. The lowest BCUT2D eigenvalue weighted by molar-refractivity contribution is -0.0168. The number of benzene rings is 1. The van der Waals surface area contributed by atoms with E-state index in [0.29, 0.717) is 6.07 Å². The topological polar surface area (TPSA) is 86.7 Å². The Hall–Kier alpha value is -1.24. The molecule has 0 amide bonds. The quantitative estimate of drug-likeness (QED) is 0.536. The molecule has 15 heavy (non-hydrogen) atoms. The van der Waals surface area contributed by atoms with Crippen molar-refractivity contribution < 1.29 is 24.1 Å². The molecule has 0 aliphatic rings. The van der Waals surface area contributed by atoms with E-state index in [1.807, 2.05) is 0 Å². The van der Waals surface area contributed by atoms with Gasteiger partial charge in [0.05, 0.1) is 12.3 Å². The molecule has 84 valence electrons. The van der Waals surface area contributed by atoms with E-state index in [1.165, 1.54) is 0 Å². The number of nitrogens with two attached hydrogens (primary N) is 1. The van der Waals surface area contributed by atoms with Crippen LogP contribution in [0.4, 0.5) is 14.5 Å². The van der Waals surface area contributed by atoms with Crippen LogP contribution in [0.5, 0.6) is 0 Å². The molecule has 1 aromatic rings. The van der Waals surface area contributed by atoms with Crippen molar-refractivity contribution in [3.05, 3.63) is 29.3 Å². The first kappa shape index (κ1) is 11.8. The van der Waals surface area contributed by atoms with Crippen LogP contribution < -0.4 is 5.73 Å². The van der Waals surface area contributed by atoms with Gasteiger partial charge in [-0.1, -0.05) is 0 Å². The summed E-state index contributed by atoms with van der Waals surface area (Å²) in [6, 6.07) is 1.40. The molecule has 0 saturated carbocycles. The maximum atomic E-state index is 13.1. The van der Waals surface area contributed by atoms with Crippen LogP contribution in [0.3, 0.4) is 0 Å². The maximum absolute atomic E-state index is 13.1. The van der Waals surface area contributed by atoms with Crippen LogP contribution in [-0.4, -0.2) is 28.0 Å². The molecule has 0 saturated heterocycles. The largest absolute Gasteiger partial charge is 0.396 e. The number of hydrogen-bond donors (Lipinski definition) is 4. The summed E-state index contributed by atoms with van der Waals surface area (Å²) in [5.41, 5.74) is 4.48. The van der Waals surface area contributed by atoms with Gasteiger partial charge in [-0.3, -0.25) is 0 Å². The van der Waals surface area contributed by atoms with Gasteiger partial charge < -0.3 is 21.1 Å². The Morgan fingerprint density at radius 1 is 1.20 bits per heavy atom. The van der Waals surface area contributed by atoms with E-state index in [0.717, 1.165) is 6.07 Å². The van der Waals surface area contributed by atoms with Crippen molar-refractivity contribution in [3.8, 4) is 0 Å². The third-order valence-corrected chi connectivity index (χ3v) is 1.99. The summed E-state index contributed by atoms with van der Waals surface area (Å²) in [7, 11) is 0. The molecule has 0 radical (unpaired) electrons. The molecule has 0 fully saturated rings. The standard InChI is InChI=1S/C9H11F2NO3/c10-5-2-6(11)7(12)1-4(5)9(15)8(14)3-13/h1-2,8-9,13-15H,3,12H2. The average molecular weight is 219 g/mol. The summed E-state index contributed by atoms with van der Waals surface area (Å²) in [5.74, 6) is -1.97. The number of anilines is 1. The third-order valence-electron chi connectivity index (χ3n) is 1.99. The summed E-state index contributed by atoms with van der Waals surface area (Å²) in [6.45, 7) is -0.738. The van der Waals surface area contributed by atoms with Crippen LogP contribution in [0.1, 0.15) is 11.7 Å². The molecule has 6 heteroatoms. The zero-order valence-corrected chi connectivity index (χ0v) is 7.69. The van der Waals surface area contributed by atoms with Crippen molar-refractivity contribution in [2.24, 2.45) is 0 Å². The third kappa shape index (κ3) is 2.41. The normalized spacial score (nSPS) is 15.0. The molecule has 0 spiro atoms. The number of halogens is 2. The van der Waals surface area contributed by atoms with Crippen molar-refractivity contribution in [1.29, 1.82) is 0 Å². The molecule has 0 aromatic heterocycles. The molecule has 2 unspecified atom stereocenters. The predicted octanol–water partition coefficient (Wildman–Crippen LogP) is -0.0664. The molecule has 0 aliphatic heterocycles. The molecule has 4 nitrogen and oxygen atoms in total. The zero-order chi connectivity index (χ0) is 11.6. The van der Waals surface area contributed by atoms with Crippen LogP contribution in [0.2, 0.25) is 0 Å². The minimum Gasteiger partial charge on any atom is -0.396 e. The smallest absolute Gasteiger partial charge is 0.149 e. The Labute approximate surface area is 84.6 Å². The number of rotatable bonds is 3. The number of aliphatic hydroxyl groups is 3. The first-order chi connectivity index (χ1) is 6.97. The lowest BCUT2D eigenvalue weighted by Gasteiger charge is -2.17. The van der Waals surface area contributed by atoms with E-state index < -0.39 is 30.4 Å². The van der Waals surface area contributed by atoms with E-state index >= 15 is 0 Å². The summed E-state index contributed by atoms with van der Waals surface area (Å²) in [4.78, 5) is 0. The number of aliphatic hydroxyl groups excluding tert-OH is 3. The number of nitrogen functional groups attached to an aromatic ring is 1. The molecule has 1 aromatic carbocycles. The molecule has 2 atom stereocenters. The van der Waals surface area contributed by atoms with Gasteiger partial charge in [-0.25, -0.2) is 8.78 Å². The van der Waals surface area contributed by atoms with Gasteiger partial charge in [0, 0.05) is 11.6 Å². The summed E-state index contributed by atoms with van der Waals surface area (Å²) >= 11 is 0. The van der Waals surface area contributed by atoms with Crippen molar-refractivity contribution in [2.75, 3.05) is 12.3 Å². The highest BCUT2D eigenvalue weighted by Gasteiger charge is 2.22. The zero-order valence-electron chi connectivity index (χ0n) is 7.69. The molecule has 0 aliphatic carbocycles. The molecule has 1 rings (SSSR count). The van der Waals surface area contributed by atoms with Crippen molar-refractivity contribution in [2.45, 2.75) is 12.2 Å². The van der Waals surface area contributed by atoms with Gasteiger partial charge in [-0.15, -0.1) is 0 Å². The van der Waals surface area contributed by atoms with Crippen molar-refractivity contribution >= 4 is 5.69 Å². The lowest BCUT2D eigenvalue weighted by atomic mass is 10.0. The fraction of sp³-hybridized carbons (Fsp3) is 0.333. The highest BCUT2D eigenvalue weighted by Crippen LogP contribution is 2.24. The van der Waals surface area contributed by atoms with E-state index in [2.05, 4.69) is 0 Å². The van der Waals surface area contributed by atoms with E-state index in [9.17, 15) is 13.9 Å². The first-order valence-corrected chi connectivity index (χ1v) is 4.18. The molecular formula is C9H11F2NO3. The summed E-state index contributed by atoms with van der Waals surface area (Å²) in [5, 5.41) is 27.0. The lowest BCUT2D eigenvalue weighted by Crippen LogP contribution is -2.23. The Bertz CT molecular complexity index is 359. The Kier molecular flexibility index (Phi) is 3.57. The van der Waals surface area contributed by atoms with Crippen molar-refractivity contribution in [1.82, 2.24) is 0 Å². The molecule has 5 N–H and O–H groups in total. The monoisotopic (exact) mass is 219 g/mol. The fourth-order valence-electron chi connectivity index (χ4n) is 1.12.